The van der Waals surface area contributed by atoms with E-state index < -0.39 is 0 Å². The van der Waals surface area contributed by atoms with Crippen molar-refractivity contribution in [2.75, 3.05) is 5.73 Å². The second kappa shape index (κ2) is 2.88. The topological polar surface area (TPSA) is 64.7 Å². The maximum atomic E-state index is 5.51. The minimum atomic E-state index is 0.255. The number of para-hydroxylation sites is 1. The Balaban J connectivity index is 2.47. The van der Waals surface area contributed by atoms with E-state index in [0.717, 1.165) is 16.3 Å². The Morgan fingerprint density at radius 3 is 2.80 bits per heavy atom. The summed E-state index contributed by atoms with van der Waals surface area (Å²) in [6.45, 7) is 0. The summed E-state index contributed by atoms with van der Waals surface area (Å²) in [4.78, 5) is 12.4. The molecule has 0 aliphatic carbocycles. The first-order valence-corrected chi connectivity index (χ1v) is 4.61. The smallest absolute Gasteiger partial charge is 0.222 e. The van der Waals surface area contributed by atoms with Crippen LogP contribution in [-0.4, -0.2) is 15.0 Å². The molecule has 15 heavy (non-hydrogen) atoms. The summed E-state index contributed by atoms with van der Waals surface area (Å²) < 4.78 is 0. The molecule has 0 fully saturated rings. The number of benzene rings is 1. The van der Waals surface area contributed by atoms with E-state index in [1.54, 1.807) is 6.20 Å². The minimum Gasteiger partial charge on any atom is -0.368 e. The first-order chi connectivity index (χ1) is 7.33. The number of hydrogen-bond acceptors (Lipinski definition) is 4. The first kappa shape index (κ1) is 8.11. The van der Waals surface area contributed by atoms with E-state index >= 15 is 0 Å². The largest absolute Gasteiger partial charge is 0.368 e. The Morgan fingerprint density at radius 2 is 1.87 bits per heavy atom. The third-order valence-electron chi connectivity index (χ3n) is 2.29. The highest BCUT2D eigenvalue weighted by atomic mass is 15.0. The van der Waals surface area contributed by atoms with Gasteiger partial charge in [0, 0.05) is 17.0 Å². The van der Waals surface area contributed by atoms with Crippen LogP contribution in [-0.2, 0) is 0 Å². The zero-order chi connectivity index (χ0) is 10.3. The molecule has 2 heterocycles. The predicted octanol–water partition coefficient (Wildman–Crippen LogP) is 1.76. The van der Waals surface area contributed by atoms with Crippen LogP contribution in [0.2, 0.25) is 0 Å². The second-order valence-corrected chi connectivity index (χ2v) is 3.32. The van der Waals surface area contributed by atoms with Gasteiger partial charge in [-0.05, 0) is 12.1 Å². The first-order valence-electron chi connectivity index (χ1n) is 4.61. The molecule has 1 aromatic carbocycles. The Labute approximate surface area is 85.8 Å². The van der Waals surface area contributed by atoms with Gasteiger partial charge in [0.2, 0.25) is 5.95 Å². The Bertz CT molecular complexity index is 648. The van der Waals surface area contributed by atoms with Crippen molar-refractivity contribution in [3.63, 3.8) is 0 Å². The van der Waals surface area contributed by atoms with Crippen molar-refractivity contribution >= 4 is 27.9 Å². The van der Waals surface area contributed by atoms with Gasteiger partial charge in [0.05, 0.1) is 5.52 Å². The number of hydrogen-bond donors (Lipinski definition) is 1. The number of pyridine rings is 1. The van der Waals surface area contributed by atoms with Crippen molar-refractivity contribution in [2.24, 2.45) is 0 Å². The second-order valence-electron chi connectivity index (χ2n) is 3.32. The highest BCUT2D eigenvalue weighted by Crippen LogP contribution is 2.17. The quantitative estimate of drug-likeness (QED) is 0.556. The molecule has 0 bridgehead atoms. The molecule has 0 saturated carbocycles. The predicted molar refractivity (Wildman–Crippen MR) is 59.3 cm³/mol. The maximum Gasteiger partial charge on any atom is 0.222 e. The van der Waals surface area contributed by atoms with E-state index in [1.807, 2.05) is 30.3 Å². The summed E-state index contributed by atoms with van der Waals surface area (Å²) >= 11 is 0. The van der Waals surface area contributed by atoms with Crippen molar-refractivity contribution in [3.05, 3.63) is 36.5 Å². The number of nitrogens with zero attached hydrogens (tertiary/aromatic N) is 3. The Morgan fingerprint density at radius 1 is 1.00 bits per heavy atom. The maximum absolute atomic E-state index is 5.51. The summed E-state index contributed by atoms with van der Waals surface area (Å²) in [7, 11) is 0. The van der Waals surface area contributed by atoms with Crippen LogP contribution >= 0.6 is 0 Å². The molecule has 0 unspecified atom stereocenters. The molecule has 3 rings (SSSR count). The summed E-state index contributed by atoms with van der Waals surface area (Å²) in [6.07, 6.45) is 1.69. The molecule has 4 heteroatoms. The highest BCUT2D eigenvalue weighted by molar-refractivity contribution is 5.90. The molecule has 0 amide bonds. The van der Waals surface area contributed by atoms with Gasteiger partial charge in [0.25, 0.3) is 0 Å². The average Bonchev–Trinajstić information content (AvgIpc) is 2.26. The number of nitrogen functional groups attached to an aromatic ring is 1. The van der Waals surface area contributed by atoms with Crippen molar-refractivity contribution in [1.29, 1.82) is 0 Å². The molecule has 0 atom stereocenters. The average molecular weight is 196 g/mol. The fourth-order valence-electron chi connectivity index (χ4n) is 1.58. The number of rotatable bonds is 0. The molecule has 0 radical (unpaired) electrons. The number of fused-ring (bicyclic) bond motifs is 2. The van der Waals surface area contributed by atoms with Crippen molar-refractivity contribution in [3.8, 4) is 0 Å². The van der Waals surface area contributed by atoms with Crippen LogP contribution in [0.3, 0.4) is 0 Å². The standard InChI is InChI=1S/C11H8N4/c12-11-13-6-8-5-7-3-1-2-4-9(7)14-10(8)15-11/h1-6H,(H2,12,13,14,15). The van der Waals surface area contributed by atoms with Gasteiger partial charge in [0.15, 0.2) is 5.65 Å². The molecule has 4 nitrogen and oxygen atoms in total. The van der Waals surface area contributed by atoms with Gasteiger partial charge >= 0.3 is 0 Å². The lowest BCUT2D eigenvalue weighted by atomic mass is 10.2. The van der Waals surface area contributed by atoms with E-state index in [0.29, 0.717) is 5.65 Å². The van der Waals surface area contributed by atoms with E-state index in [-0.39, 0.29) is 5.95 Å². The van der Waals surface area contributed by atoms with E-state index in [4.69, 9.17) is 5.73 Å². The third-order valence-corrected chi connectivity index (χ3v) is 2.29. The molecule has 2 N–H and O–H groups in total. The Kier molecular flexibility index (Phi) is 1.56. The zero-order valence-corrected chi connectivity index (χ0v) is 7.88. The van der Waals surface area contributed by atoms with Crippen LogP contribution in [0.5, 0.6) is 0 Å². The molecule has 0 spiro atoms. The highest BCUT2D eigenvalue weighted by Gasteiger charge is 2.00. The van der Waals surface area contributed by atoms with E-state index in [2.05, 4.69) is 15.0 Å². The molecular formula is C11H8N4. The molecule has 0 aliphatic heterocycles. The van der Waals surface area contributed by atoms with Crippen LogP contribution in [0.25, 0.3) is 21.9 Å². The van der Waals surface area contributed by atoms with E-state index in [9.17, 15) is 0 Å². The zero-order valence-electron chi connectivity index (χ0n) is 7.88. The number of aromatic nitrogens is 3. The van der Waals surface area contributed by atoms with Crippen LogP contribution in [0.4, 0.5) is 5.95 Å². The molecular weight excluding hydrogens is 188 g/mol. The summed E-state index contributed by atoms with van der Waals surface area (Å²) in [5.74, 6) is 0.255. The van der Waals surface area contributed by atoms with Crippen molar-refractivity contribution < 1.29 is 0 Å². The SMILES string of the molecule is Nc1ncc2cc3ccccc3nc2n1. The summed E-state index contributed by atoms with van der Waals surface area (Å²) in [5, 5.41) is 1.99. The lowest BCUT2D eigenvalue weighted by molar-refractivity contribution is 1.21. The number of anilines is 1. The van der Waals surface area contributed by atoms with Gasteiger partial charge in [0.1, 0.15) is 0 Å². The van der Waals surface area contributed by atoms with Gasteiger partial charge in [-0.15, -0.1) is 0 Å². The lowest BCUT2D eigenvalue weighted by Crippen LogP contribution is -1.95. The van der Waals surface area contributed by atoms with Crippen LogP contribution in [0.1, 0.15) is 0 Å². The fraction of sp³-hybridized carbons (Fsp3) is 0. The van der Waals surface area contributed by atoms with Crippen LogP contribution < -0.4 is 5.73 Å². The molecule has 0 aliphatic rings. The van der Waals surface area contributed by atoms with Crippen molar-refractivity contribution in [1.82, 2.24) is 15.0 Å². The van der Waals surface area contributed by atoms with Crippen LogP contribution in [0, 0.1) is 0 Å². The number of nitrogens with two attached hydrogens (primary N) is 1. The lowest BCUT2D eigenvalue weighted by Gasteiger charge is -2.00. The van der Waals surface area contributed by atoms with Gasteiger partial charge in [-0.1, -0.05) is 18.2 Å². The van der Waals surface area contributed by atoms with Gasteiger partial charge in [-0.25, -0.2) is 9.97 Å². The van der Waals surface area contributed by atoms with Gasteiger partial charge in [-0.3, -0.25) is 0 Å². The summed E-state index contributed by atoms with van der Waals surface area (Å²) in [5.41, 5.74) is 7.07. The molecule has 3 aromatic rings. The van der Waals surface area contributed by atoms with Crippen molar-refractivity contribution in [2.45, 2.75) is 0 Å². The summed E-state index contributed by atoms with van der Waals surface area (Å²) in [6, 6.07) is 9.90. The molecule has 2 aromatic heterocycles. The Hall–Kier alpha value is -2.23. The molecule has 72 valence electrons. The normalized spacial score (nSPS) is 10.9. The fourth-order valence-corrected chi connectivity index (χ4v) is 1.58. The van der Waals surface area contributed by atoms with Gasteiger partial charge in [-0.2, -0.15) is 4.98 Å². The minimum absolute atomic E-state index is 0.255. The third kappa shape index (κ3) is 1.27. The monoisotopic (exact) mass is 196 g/mol. The van der Waals surface area contributed by atoms with Crippen LogP contribution in [0.15, 0.2) is 36.5 Å². The van der Waals surface area contributed by atoms with E-state index in [1.165, 1.54) is 0 Å². The molecule has 0 saturated heterocycles. The van der Waals surface area contributed by atoms with Gasteiger partial charge < -0.3 is 5.73 Å².